The first-order chi connectivity index (χ1) is 6.25. The molecule has 1 amide bonds. The zero-order valence-electron chi connectivity index (χ0n) is 7.28. The first-order valence-corrected chi connectivity index (χ1v) is 4.11. The molecule has 4 heteroatoms. The quantitative estimate of drug-likeness (QED) is 0.702. The lowest BCUT2D eigenvalue weighted by atomic mass is 10.1. The van der Waals surface area contributed by atoms with E-state index < -0.39 is 0 Å². The molecule has 0 spiro atoms. The van der Waals surface area contributed by atoms with Gasteiger partial charge >= 0.3 is 6.09 Å². The van der Waals surface area contributed by atoms with E-state index in [-0.39, 0.29) is 12.1 Å². The number of pyridine rings is 1. The Kier molecular flexibility index (Phi) is 1.88. The monoisotopic (exact) mass is 178 g/mol. The Morgan fingerprint density at radius 1 is 1.62 bits per heavy atom. The van der Waals surface area contributed by atoms with Crippen LogP contribution in [0.15, 0.2) is 18.3 Å². The minimum Gasteiger partial charge on any atom is -0.447 e. The van der Waals surface area contributed by atoms with Crippen LogP contribution in [0.5, 0.6) is 0 Å². The van der Waals surface area contributed by atoms with Gasteiger partial charge in [0.15, 0.2) is 0 Å². The van der Waals surface area contributed by atoms with Gasteiger partial charge in [0.05, 0.1) is 6.04 Å². The summed E-state index contributed by atoms with van der Waals surface area (Å²) in [7, 11) is 0. The van der Waals surface area contributed by atoms with Crippen molar-refractivity contribution >= 4 is 6.09 Å². The molecule has 1 fully saturated rings. The standard InChI is InChI=1S/C9H10N2O2/c1-6-2-3-7(4-10-6)8-5-13-9(12)11-8/h2-4,8H,5H2,1H3,(H,11,12)/t8-/m1/s1. The van der Waals surface area contributed by atoms with E-state index in [4.69, 9.17) is 4.74 Å². The number of nitrogens with one attached hydrogen (secondary N) is 1. The first kappa shape index (κ1) is 8.04. The van der Waals surface area contributed by atoms with E-state index in [1.54, 1.807) is 6.20 Å². The van der Waals surface area contributed by atoms with E-state index in [0.29, 0.717) is 6.61 Å². The van der Waals surface area contributed by atoms with Gasteiger partial charge in [0.1, 0.15) is 6.61 Å². The summed E-state index contributed by atoms with van der Waals surface area (Å²) in [4.78, 5) is 14.9. The number of aromatic nitrogens is 1. The SMILES string of the molecule is Cc1ccc([C@H]2COC(=O)N2)cn1. The topological polar surface area (TPSA) is 51.2 Å². The second kappa shape index (κ2) is 3.05. The summed E-state index contributed by atoms with van der Waals surface area (Å²) in [5.41, 5.74) is 1.95. The number of ether oxygens (including phenoxy) is 1. The number of cyclic esters (lactones) is 1. The molecule has 1 aromatic heterocycles. The average Bonchev–Trinajstić information content (AvgIpc) is 2.53. The predicted octanol–water partition coefficient (Wildman–Crippen LogP) is 1.17. The number of amides is 1. The normalized spacial score (nSPS) is 21.0. The molecule has 1 saturated heterocycles. The van der Waals surface area contributed by atoms with Gasteiger partial charge in [-0.05, 0) is 18.6 Å². The molecule has 68 valence electrons. The third kappa shape index (κ3) is 1.61. The van der Waals surface area contributed by atoms with Crippen molar-refractivity contribution in [2.24, 2.45) is 0 Å². The van der Waals surface area contributed by atoms with Crippen LogP contribution in [0.2, 0.25) is 0 Å². The average molecular weight is 178 g/mol. The fourth-order valence-corrected chi connectivity index (χ4v) is 1.25. The van der Waals surface area contributed by atoms with E-state index in [1.165, 1.54) is 0 Å². The Morgan fingerprint density at radius 2 is 2.46 bits per heavy atom. The number of hydrogen-bond donors (Lipinski definition) is 1. The van der Waals surface area contributed by atoms with Crippen molar-refractivity contribution in [3.05, 3.63) is 29.6 Å². The highest BCUT2D eigenvalue weighted by atomic mass is 16.6. The Hall–Kier alpha value is -1.58. The lowest BCUT2D eigenvalue weighted by molar-refractivity contribution is 0.177. The Labute approximate surface area is 75.9 Å². The van der Waals surface area contributed by atoms with E-state index in [0.717, 1.165) is 11.3 Å². The molecule has 0 bridgehead atoms. The summed E-state index contributed by atoms with van der Waals surface area (Å²) in [5, 5.41) is 2.69. The van der Waals surface area contributed by atoms with Crippen molar-refractivity contribution in [3.63, 3.8) is 0 Å². The third-order valence-corrected chi connectivity index (χ3v) is 2.01. The van der Waals surface area contributed by atoms with Crippen LogP contribution in [0.3, 0.4) is 0 Å². The van der Waals surface area contributed by atoms with Gasteiger partial charge in [-0.25, -0.2) is 4.79 Å². The lowest BCUT2D eigenvalue weighted by Crippen LogP contribution is -2.18. The second-order valence-electron chi connectivity index (χ2n) is 3.03. The van der Waals surface area contributed by atoms with E-state index >= 15 is 0 Å². The molecule has 1 atom stereocenters. The van der Waals surface area contributed by atoms with Crippen LogP contribution < -0.4 is 5.32 Å². The summed E-state index contributed by atoms with van der Waals surface area (Å²) in [6.07, 6.45) is 1.40. The Balaban J connectivity index is 2.17. The number of carbonyl (C=O) groups is 1. The molecule has 1 aliphatic rings. The Morgan fingerprint density at radius 3 is 3.00 bits per heavy atom. The van der Waals surface area contributed by atoms with Crippen LogP contribution in [-0.2, 0) is 4.74 Å². The second-order valence-corrected chi connectivity index (χ2v) is 3.03. The maximum atomic E-state index is 10.7. The van der Waals surface area contributed by atoms with Crippen LogP contribution in [0.25, 0.3) is 0 Å². The van der Waals surface area contributed by atoms with Crippen LogP contribution in [-0.4, -0.2) is 17.7 Å². The molecule has 0 saturated carbocycles. The number of rotatable bonds is 1. The zero-order chi connectivity index (χ0) is 9.26. The van der Waals surface area contributed by atoms with Gasteiger partial charge < -0.3 is 10.1 Å². The van der Waals surface area contributed by atoms with Crippen molar-refractivity contribution in [2.45, 2.75) is 13.0 Å². The van der Waals surface area contributed by atoms with Crippen molar-refractivity contribution < 1.29 is 9.53 Å². The van der Waals surface area contributed by atoms with Crippen molar-refractivity contribution in [1.82, 2.24) is 10.3 Å². The lowest BCUT2D eigenvalue weighted by Gasteiger charge is -2.06. The van der Waals surface area contributed by atoms with Gasteiger partial charge in [0.2, 0.25) is 0 Å². The van der Waals surface area contributed by atoms with Gasteiger partial charge in [0, 0.05) is 11.9 Å². The Bertz CT molecular complexity index is 321. The molecular formula is C9H10N2O2. The van der Waals surface area contributed by atoms with E-state index in [2.05, 4.69) is 10.3 Å². The van der Waals surface area contributed by atoms with E-state index in [9.17, 15) is 4.79 Å². The van der Waals surface area contributed by atoms with Gasteiger partial charge in [-0.1, -0.05) is 6.07 Å². The molecule has 4 nitrogen and oxygen atoms in total. The fraction of sp³-hybridized carbons (Fsp3) is 0.333. The van der Waals surface area contributed by atoms with Gasteiger partial charge in [-0.3, -0.25) is 4.98 Å². The molecule has 0 aliphatic carbocycles. The largest absolute Gasteiger partial charge is 0.447 e. The molecule has 0 radical (unpaired) electrons. The van der Waals surface area contributed by atoms with Crippen LogP contribution in [0.1, 0.15) is 17.3 Å². The summed E-state index contributed by atoms with van der Waals surface area (Å²) in [5.74, 6) is 0. The summed E-state index contributed by atoms with van der Waals surface area (Å²) < 4.78 is 4.77. The summed E-state index contributed by atoms with van der Waals surface area (Å²) in [6.45, 7) is 2.32. The summed E-state index contributed by atoms with van der Waals surface area (Å²) in [6, 6.07) is 3.82. The minimum atomic E-state index is -0.356. The van der Waals surface area contributed by atoms with Crippen molar-refractivity contribution in [3.8, 4) is 0 Å². The van der Waals surface area contributed by atoms with Crippen molar-refractivity contribution in [2.75, 3.05) is 6.61 Å². The number of nitrogens with zero attached hydrogens (tertiary/aromatic N) is 1. The van der Waals surface area contributed by atoms with E-state index in [1.807, 2.05) is 19.1 Å². The number of carbonyl (C=O) groups excluding carboxylic acids is 1. The highest BCUT2D eigenvalue weighted by Gasteiger charge is 2.23. The van der Waals surface area contributed by atoms with Crippen LogP contribution in [0, 0.1) is 6.92 Å². The molecule has 1 aromatic rings. The van der Waals surface area contributed by atoms with Crippen LogP contribution in [0.4, 0.5) is 4.79 Å². The van der Waals surface area contributed by atoms with Gasteiger partial charge in [-0.2, -0.15) is 0 Å². The maximum Gasteiger partial charge on any atom is 0.407 e. The van der Waals surface area contributed by atoms with Crippen LogP contribution >= 0.6 is 0 Å². The fourth-order valence-electron chi connectivity index (χ4n) is 1.25. The van der Waals surface area contributed by atoms with Crippen molar-refractivity contribution in [1.29, 1.82) is 0 Å². The molecule has 13 heavy (non-hydrogen) atoms. The highest BCUT2D eigenvalue weighted by Crippen LogP contribution is 2.16. The molecular weight excluding hydrogens is 168 g/mol. The zero-order valence-corrected chi connectivity index (χ0v) is 7.28. The predicted molar refractivity (Wildman–Crippen MR) is 46.2 cm³/mol. The molecule has 0 unspecified atom stereocenters. The van der Waals surface area contributed by atoms with Gasteiger partial charge in [-0.15, -0.1) is 0 Å². The highest BCUT2D eigenvalue weighted by molar-refractivity contribution is 5.70. The summed E-state index contributed by atoms with van der Waals surface area (Å²) >= 11 is 0. The minimum absolute atomic E-state index is 0.0411. The number of aryl methyl sites for hydroxylation is 1. The molecule has 1 N–H and O–H groups in total. The number of hydrogen-bond acceptors (Lipinski definition) is 3. The third-order valence-electron chi connectivity index (χ3n) is 2.01. The van der Waals surface area contributed by atoms with Gasteiger partial charge in [0.25, 0.3) is 0 Å². The molecule has 0 aromatic carbocycles. The number of alkyl carbamates (subject to hydrolysis) is 1. The first-order valence-electron chi connectivity index (χ1n) is 4.11. The smallest absolute Gasteiger partial charge is 0.407 e. The molecule has 2 heterocycles. The molecule has 2 rings (SSSR count). The molecule has 1 aliphatic heterocycles. The maximum absolute atomic E-state index is 10.7.